The summed E-state index contributed by atoms with van der Waals surface area (Å²) in [6.45, 7) is 0.585. The zero-order chi connectivity index (χ0) is 13.9. The summed E-state index contributed by atoms with van der Waals surface area (Å²) in [6.07, 6.45) is 2.05. The highest BCUT2D eigenvalue weighted by Crippen LogP contribution is 2.48. The second-order valence-corrected chi connectivity index (χ2v) is 5.88. The molecule has 1 aromatic carbocycles. The topological polar surface area (TPSA) is 66.4 Å². The first-order valence-corrected chi connectivity index (χ1v) is 7.06. The van der Waals surface area contributed by atoms with Crippen LogP contribution in [0, 0.1) is 0 Å². The molecule has 0 unspecified atom stereocenters. The van der Waals surface area contributed by atoms with Gasteiger partial charge in [-0.1, -0.05) is 28.1 Å². The molecule has 4 nitrogen and oxygen atoms in total. The van der Waals surface area contributed by atoms with Gasteiger partial charge in [0, 0.05) is 22.9 Å². The van der Waals surface area contributed by atoms with E-state index in [1.54, 1.807) is 0 Å². The van der Waals surface area contributed by atoms with Gasteiger partial charge in [0.2, 0.25) is 5.91 Å². The molecule has 1 fully saturated rings. The molecule has 5 heteroatoms. The van der Waals surface area contributed by atoms with Crippen molar-refractivity contribution < 1.29 is 14.7 Å². The highest BCUT2D eigenvalue weighted by Gasteiger charge is 2.44. The van der Waals surface area contributed by atoms with Crippen molar-refractivity contribution in [1.29, 1.82) is 0 Å². The largest absolute Gasteiger partial charge is 0.481 e. The Bertz CT molecular complexity index is 497. The Balaban J connectivity index is 1.89. The molecule has 1 aliphatic carbocycles. The molecule has 1 aliphatic rings. The van der Waals surface area contributed by atoms with E-state index in [9.17, 15) is 9.59 Å². The molecule has 2 N–H and O–H groups in total. The van der Waals surface area contributed by atoms with Crippen LogP contribution in [-0.4, -0.2) is 23.5 Å². The van der Waals surface area contributed by atoms with Crippen LogP contribution in [0.4, 0.5) is 0 Å². The highest BCUT2D eigenvalue weighted by atomic mass is 79.9. The molecule has 2 rings (SSSR count). The highest BCUT2D eigenvalue weighted by molar-refractivity contribution is 9.10. The molecular formula is C14H16BrNO3. The molecule has 0 heterocycles. The van der Waals surface area contributed by atoms with E-state index in [2.05, 4.69) is 33.4 Å². The third-order valence-electron chi connectivity index (χ3n) is 3.48. The summed E-state index contributed by atoms with van der Waals surface area (Å²) in [5.41, 5.74) is 1.27. The number of hydrogen-bond acceptors (Lipinski definition) is 2. The van der Waals surface area contributed by atoms with E-state index in [0.717, 1.165) is 17.3 Å². The first kappa shape index (κ1) is 14.1. The van der Waals surface area contributed by atoms with Crippen LogP contribution in [0.15, 0.2) is 28.7 Å². The fourth-order valence-corrected chi connectivity index (χ4v) is 2.51. The first-order valence-electron chi connectivity index (χ1n) is 6.26. The summed E-state index contributed by atoms with van der Waals surface area (Å²) in [6, 6.07) is 8.12. The zero-order valence-corrected chi connectivity index (χ0v) is 12.1. The molecule has 1 aromatic rings. The van der Waals surface area contributed by atoms with Crippen LogP contribution in [0.1, 0.15) is 31.2 Å². The standard InChI is InChI=1S/C14H16BrNO3/c15-11-3-1-2-10(8-11)14(6-7-14)9-16-12(17)4-5-13(18)19/h1-3,8H,4-7,9H2,(H,16,17)(H,18,19). The third-order valence-corrected chi connectivity index (χ3v) is 3.97. The molecule has 0 atom stereocenters. The quantitative estimate of drug-likeness (QED) is 0.844. The second-order valence-electron chi connectivity index (χ2n) is 4.96. The third kappa shape index (κ3) is 3.80. The maximum absolute atomic E-state index is 11.5. The van der Waals surface area contributed by atoms with Gasteiger partial charge in [0.25, 0.3) is 0 Å². The van der Waals surface area contributed by atoms with Crippen LogP contribution in [-0.2, 0) is 15.0 Å². The number of hydrogen-bond donors (Lipinski definition) is 2. The predicted molar refractivity (Wildman–Crippen MR) is 74.9 cm³/mol. The monoisotopic (exact) mass is 325 g/mol. The van der Waals surface area contributed by atoms with E-state index in [1.165, 1.54) is 5.56 Å². The number of benzene rings is 1. The number of rotatable bonds is 6. The smallest absolute Gasteiger partial charge is 0.303 e. The Morgan fingerprint density at radius 3 is 2.63 bits per heavy atom. The molecular weight excluding hydrogens is 310 g/mol. The summed E-state index contributed by atoms with van der Waals surface area (Å²) >= 11 is 3.45. The van der Waals surface area contributed by atoms with E-state index < -0.39 is 5.97 Å². The Kier molecular flexibility index (Phi) is 4.24. The summed E-state index contributed by atoms with van der Waals surface area (Å²) in [4.78, 5) is 21.9. The number of carboxylic acids is 1. The summed E-state index contributed by atoms with van der Waals surface area (Å²) in [7, 11) is 0. The molecule has 1 amide bonds. The van der Waals surface area contributed by atoms with Crippen molar-refractivity contribution in [3.8, 4) is 0 Å². The predicted octanol–water partition coefficient (Wildman–Crippen LogP) is 2.46. The lowest BCUT2D eigenvalue weighted by atomic mass is 9.96. The maximum Gasteiger partial charge on any atom is 0.303 e. The molecule has 1 saturated carbocycles. The van der Waals surface area contributed by atoms with E-state index in [-0.39, 0.29) is 24.2 Å². The van der Waals surface area contributed by atoms with Gasteiger partial charge in [-0.05, 0) is 30.5 Å². The Labute approximate surface area is 120 Å². The van der Waals surface area contributed by atoms with Crippen LogP contribution in [0.3, 0.4) is 0 Å². The lowest BCUT2D eigenvalue weighted by Crippen LogP contribution is -2.32. The molecule has 0 radical (unpaired) electrons. The van der Waals surface area contributed by atoms with Crippen molar-refractivity contribution in [2.75, 3.05) is 6.54 Å². The minimum atomic E-state index is -0.941. The average molecular weight is 326 g/mol. The van der Waals surface area contributed by atoms with Crippen molar-refractivity contribution >= 4 is 27.8 Å². The van der Waals surface area contributed by atoms with Crippen molar-refractivity contribution in [3.63, 3.8) is 0 Å². The van der Waals surface area contributed by atoms with Gasteiger partial charge in [-0.2, -0.15) is 0 Å². The van der Waals surface area contributed by atoms with Crippen LogP contribution < -0.4 is 5.32 Å². The number of aliphatic carboxylic acids is 1. The van der Waals surface area contributed by atoms with Crippen molar-refractivity contribution in [1.82, 2.24) is 5.32 Å². The molecule has 0 saturated heterocycles. The summed E-state index contributed by atoms with van der Waals surface area (Å²) < 4.78 is 1.04. The minimum absolute atomic E-state index is 0.0443. The molecule has 102 valence electrons. The van der Waals surface area contributed by atoms with Crippen LogP contribution in [0.2, 0.25) is 0 Å². The Hall–Kier alpha value is -1.36. The van der Waals surface area contributed by atoms with Gasteiger partial charge in [0.05, 0.1) is 6.42 Å². The molecule has 0 aliphatic heterocycles. The lowest BCUT2D eigenvalue weighted by molar-refractivity contribution is -0.138. The van der Waals surface area contributed by atoms with Gasteiger partial charge in [0.15, 0.2) is 0 Å². The first-order chi connectivity index (χ1) is 9.02. The van der Waals surface area contributed by atoms with E-state index in [0.29, 0.717) is 6.54 Å². The van der Waals surface area contributed by atoms with Gasteiger partial charge in [-0.15, -0.1) is 0 Å². The van der Waals surface area contributed by atoms with Crippen molar-refractivity contribution in [2.24, 2.45) is 0 Å². The van der Waals surface area contributed by atoms with E-state index in [1.807, 2.05) is 12.1 Å². The molecule has 0 aromatic heterocycles. The summed E-state index contributed by atoms with van der Waals surface area (Å²) in [5.74, 6) is -1.13. The Morgan fingerprint density at radius 2 is 2.05 bits per heavy atom. The van der Waals surface area contributed by atoms with Gasteiger partial charge >= 0.3 is 5.97 Å². The average Bonchev–Trinajstić information content (AvgIpc) is 3.15. The van der Waals surface area contributed by atoms with E-state index in [4.69, 9.17) is 5.11 Å². The van der Waals surface area contributed by atoms with Crippen LogP contribution >= 0.6 is 15.9 Å². The lowest BCUT2D eigenvalue weighted by Gasteiger charge is -2.16. The number of amides is 1. The maximum atomic E-state index is 11.5. The number of carboxylic acid groups (broad SMARTS) is 1. The molecule has 19 heavy (non-hydrogen) atoms. The van der Waals surface area contributed by atoms with Crippen molar-refractivity contribution in [2.45, 2.75) is 31.1 Å². The van der Waals surface area contributed by atoms with Gasteiger partial charge in [-0.25, -0.2) is 0 Å². The number of halogens is 1. The molecule has 0 bridgehead atoms. The van der Waals surface area contributed by atoms with Gasteiger partial charge < -0.3 is 10.4 Å². The van der Waals surface area contributed by atoms with Gasteiger partial charge in [0.1, 0.15) is 0 Å². The Morgan fingerprint density at radius 1 is 1.32 bits per heavy atom. The normalized spacial score (nSPS) is 15.8. The SMILES string of the molecule is O=C(O)CCC(=O)NCC1(c2cccc(Br)c2)CC1. The van der Waals surface area contributed by atoms with E-state index >= 15 is 0 Å². The fraction of sp³-hybridized carbons (Fsp3) is 0.429. The van der Waals surface area contributed by atoms with Gasteiger partial charge in [-0.3, -0.25) is 9.59 Å². The van der Waals surface area contributed by atoms with Crippen molar-refractivity contribution in [3.05, 3.63) is 34.3 Å². The van der Waals surface area contributed by atoms with Crippen LogP contribution in [0.25, 0.3) is 0 Å². The zero-order valence-electron chi connectivity index (χ0n) is 10.5. The minimum Gasteiger partial charge on any atom is -0.481 e. The number of carbonyl (C=O) groups excluding carboxylic acids is 1. The fourth-order valence-electron chi connectivity index (χ4n) is 2.11. The number of nitrogens with one attached hydrogen (secondary N) is 1. The van der Waals surface area contributed by atoms with Crippen LogP contribution in [0.5, 0.6) is 0 Å². The second kappa shape index (κ2) is 5.74. The summed E-state index contributed by atoms with van der Waals surface area (Å²) in [5, 5.41) is 11.4. The number of carbonyl (C=O) groups is 2. The molecule has 0 spiro atoms.